The molecule has 1 heterocycles. The molecular weight excluding hydrogens is 421 g/mol. The van der Waals surface area contributed by atoms with Crippen molar-refractivity contribution < 1.29 is 26.4 Å². The van der Waals surface area contributed by atoms with E-state index in [-0.39, 0.29) is 17.1 Å². The highest BCUT2D eigenvalue weighted by Gasteiger charge is 2.31. The fraction of sp³-hybridized carbons (Fsp3) is 0.316. The van der Waals surface area contributed by atoms with Gasteiger partial charge in [0.25, 0.3) is 0 Å². The quantitative estimate of drug-likeness (QED) is 0.638. The van der Waals surface area contributed by atoms with Crippen LogP contribution in [-0.2, 0) is 21.0 Å². The average molecular weight is 442 g/mol. The van der Waals surface area contributed by atoms with Crippen molar-refractivity contribution in [2.75, 3.05) is 35.2 Å². The second kappa shape index (κ2) is 8.52. The molecule has 4 N–H and O–H groups in total. The number of nitrogens with two attached hydrogens (primary N) is 1. The lowest BCUT2D eigenvalue weighted by Gasteiger charge is -2.23. The Hall–Kier alpha value is -2.79. The Kier molecular flexibility index (Phi) is 6.22. The number of sulfonamides is 1. The number of nitrogens with zero attached hydrogens (tertiary/aromatic N) is 1. The molecule has 0 atom stereocenters. The molecule has 2 aromatic carbocycles. The normalized spacial score (nSPS) is 14.6. The molecule has 1 aliphatic rings. The van der Waals surface area contributed by atoms with E-state index in [0.717, 1.165) is 38.1 Å². The summed E-state index contributed by atoms with van der Waals surface area (Å²) in [5, 5.41) is 10.4. The minimum atomic E-state index is -4.49. The molecule has 1 fully saturated rings. The van der Waals surface area contributed by atoms with Crippen LogP contribution in [-0.4, -0.2) is 34.0 Å². The molecule has 0 saturated carbocycles. The summed E-state index contributed by atoms with van der Waals surface area (Å²) in [6.07, 6.45) is -2.59. The van der Waals surface area contributed by atoms with Crippen molar-refractivity contribution in [2.24, 2.45) is 5.14 Å². The molecule has 2 aromatic rings. The molecule has 0 unspecified atom stereocenters. The van der Waals surface area contributed by atoms with Crippen molar-refractivity contribution in [1.82, 2.24) is 0 Å². The monoisotopic (exact) mass is 442 g/mol. The SMILES string of the molecule is NS(=O)(=O)c1ccc(NC(=O)CNc2cc(C(F)(F)F)ccc2N2CCCC2)cc1. The van der Waals surface area contributed by atoms with E-state index in [1.54, 1.807) is 0 Å². The van der Waals surface area contributed by atoms with E-state index in [0.29, 0.717) is 11.4 Å². The van der Waals surface area contributed by atoms with Crippen LogP contribution in [0.3, 0.4) is 0 Å². The maximum Gasteiger partial charge on any atom is 0.416 e. The third-order valence-corrected chi connectivity index (χ3v) is 5.61. The number of halogens is 3. The number of carbonyl (C=O) groups is 1. The molecule has 162 valence electrons. The van der Waals surface area contributed by atoms with Crippen LogP contribution in [0.15, 0.2) is 47.4 Å². The number of primary sulfonamides is 1. The minimum absolute atomic E-state index is 0.0992. The van der Waals surface area contributed by atoms with Crippen molar-refractivity contribution in [1.29, 1.82) is 0 Å². The molecule has 1 aliphatic heterocycles. The van der Waals surface area contributed by atoms with Crippen LogP contribution >= 0.6 is 0 Å². The highest BCUT2D eigenvalue weighted by molar-refractivity contribution is 7.89. The topological polar surface area (TPSA) is 105 Å². The van der Waals surface area contributed by atoms with E-state index < -0.39 is 27.7 Å². The number of hydrogen-bond acceptors (Lipinski definition) is 5. The molecule has 0 aromatic heterocycles. The van der Waals surface area contributed by atoms with Crippen LogP contribution in [0.4, 0.5) is 30.2 Å². The maximum absolute atomic E-state index is 13.1. The largest absolute Gasteiger partial charge is 0.416 e. The lowest BCUT2D eigenvalue weighted by Crippen LogP contribution is -2.24. The van der Waals surface area contributed by atoms with Crippen molar-refractivity contribution in [3.63, 3.8) is 0 Å². The molecule has 1 saturated heterocycles. The molecule has 0 spiro atoms. The number of alkyl halides is 3. The Balaban J connectivity index is 1.71. The summed E-state index contributed by atoms with van der Waals surface area (Å²) in [4.78, 5) is 14.1. The first-order valence-electron chi connectivity index (χ1n) is 9.17. The smallest absolute Gasteiger partial charge is 0.374 e. The van der Waals surface area contributed by atoms with Gasteiger partial charge in [-0.3, -0.25) is 4.79 Å². The number of rotatable bonds is 6. The van der Waals surface area contributed by atoms with Crippen molar-refractivity contribution >= 4 is 33.0 Å². The fourth-order valence-electron chi connectivity index (χ4n) is 3.20. The Labute approximate surface area is 172 Å². The number of benzene rings is 2. The van der Waals surface area contributed by atoms with Gasteiger partial charge in [-0.15, -0.1) is 0 Å². The van der Waals surface area contributed by atoms with Crippen molar-refractivity contribution in [2.45, 2.75) is 23.9 Å². The number of amides is 1. The third-order valence-electron chi connectivity index (χ3n) is 4.68. The van der Waals surface area contributed by atoms with Crippen LogP contribution in [0.1, 0.15) is 18.4 Å². The van der Waals surface area contributed by atoms with Gasteiger partial charge in [0.2, 0.25) is 15.9 Å². The third kappa shape index (κ3) is 5.42. The molecule has 0 radical (unpaired) electrons. The lowest BCUT2D eigenvalue weighted by atomic mass is 10.1. The van der Waals surface area contributed by atoms with Crippen molar-refractivity contribution in [3.8, 4) is 0 Å². The van der Waals surface area contributed by atoms with E-state index in [1.165, 1.54) is 30.3 Å². The first-order valence-corrected chi connectivity index (χ1v) is 10.7. The second-order valence-electron chi connectivity index (χ2n) is 6.89. The van der Waals surface area contributed by atoms with Gasteiger partial charge in [-0.2, -0.15) is 13.2 Å². The molecule has 7 nitrogen and oxygen atoms in total. The Bertz CT molecular complexity index is 1020. The van der Waals surface area contributed by atoms with Gasteiger partial charge in [-0.1, -0.05) is 0 Å². The summed E-state index contributed by atoms with van der Waals surface area (Å²) < 4.78 is 61.8. The van der Waals surface area contributed by atoms with E-state index >= 15 is 0 Å². The molecule has 3 rings (SSSR count). The highest BCUT2D eigenvalue weighted by atomic mass is 32.2. The Morgan fingerprint density at radius 3 is 2.27 bits per heavy atom. The molecule has 1 amide bonds. The fourth-order valence-corrected chi connectivity index (χ4v) is 3.71. The van der Waals surface area contributed by atoms with Crippen molar-refractivity contribution in [3.05, 3.63) is 48.0 Å². The first kappa shape index (κ1) is 21.9. The highest BCUT2D eigenvalue weighted by Crippen LogP contribution is 2.36. The van der Waals surface area contributed by atoms with E-state index in [9.17, 15) is 26.4 Å². The van der Waals surface area contributed by atoms with Gasteiger partial charge < -0.3 is 15.5 Å². The standard InChI is InChI=1S/C19H21F3N4O3S/c20-19(21,22)13-3-8-17(26-9-1-2-10-26)16(11-13)24-12-18(27)25-14-4-6-15(7-5-14)30(23,28)29/h3-8,11,24H,1-2,9-10,12H2,(H,25,27)(H2,23,28,29). The van der Waals surface area contributed by atoms with E-state index in [2.05, 4.69) is 10.6 Å². The van der Waals surface area contributed by atoms with Gasteiger partial charge in [-0.05, 0) is 55.3 Å². The Morgan fingerprint density at radius 2 is 1.70 bits per heavy atom. The van der Waals surface area contributed by atoms with E-state index in [1.807, 2.05) is 4.90 Å². The Morgan fingerprint density at radius 1 is 1.07 bits per heavy atom. The predicted molar refractivity (Wildman–Crippen MR) is 108 cm³/mol. The summed E-state index contributed by atoms with van der Waals surface area (Å²) >= 11 is 0. The number of hydrogen-bond donors (Lipinski definition) is 3. The molecule has 0 aliphatic carbocycles. The number of carbonyl (C=O) groups excluding carboxylic acids is 1. The van der Waals surface area contributed by atoms with Gasteiger partial charge in [0.05, 0.1) is 28.4 Å². The minimum Gasteiger partial charge on any atom is -0.374 e. The zero-order valence-corrected chi connectivity index (χ0v) is 16.7. The van der Waals surface area contributed by atoms with Crippen LogP contribution in [0.25, 0.3) is 0 Å². The number of anilines is 3. The van der Waals surface area contributed by atoms with Crippen LogP contribution < -0.4 is 20.7 Å². The predicted octanol–water partition coefficient (Wildman–Crippen LogP) is 3.00. The average Bonchev–Trinajstić information content (AvgIpc) is 3.19. The first-order chi connectivity index (χ1) is 14.0. The maximum atomic E-state index is 13.1. The second-order valence-corrected chi connectivity index (χ2v) is 8.46. The number of nitrogens with one attached hydrogen (secondary N) is 2. The summed E-state index contributed by atoms with van der Waals surface area (Å²) in [6, 6.07) is 8.69. The van der Waals surface area contributed by atoms with E-state index in [4.69, 9.17) is 5.14 Å². The zero-order valence-electron chi connectivity index (χ0n) is 15.9. The molecule has 30 heavy (non-hydrogen) atoms. The molecule has 11 heteroatoms. The van der Waals surface area contributed by atoms with Crippen LogP contribution in [0, 0.1) is 0 Å². The van der Waals surface area contributed by atoms with Gasteiger partial charge >= 0.3 is 6.18 Å². The van der Waals surface area contributed by atoms with Gasteiger partial charge in [0.15, 0.2) is 0 Å². The van der Waals surface area contributed by atoms with Gasteiger partial charge in [-0.25, -0.2) is 13.6 Å². The summed E-state index contributed by atoms with van der Waals surface area (Å²) in [7, 11) is -3.85. The lowest BCUT2D eigenvalue weighted by molar-refractivity contribution is -0.137. The van der Waals surface area contributed by atoms with Gasteiger partial charge in [0, 0.05) is 18.8 Å². The zero-order chi connectivity index (χ0) is 21.9. The van der Waals surface area contributed by atoms with Crippen LogP contribution in [0.2, 0.25) is 0 Å². The van der Waals surface area contributed by atoms with Gasteiger partial charge in [0.1, 0.15) is 0 Å². The molecule has 0 bridgehead atoms. The summed E-state index contributed by atoms with van der Waals surface area (Å²) in [5.74, 6) is -0.497. The van der Waals surface area contributed by atoms with Crippen LogP contribution in [0.5, 0.6) is 0 Å². The summed E-state index contributed by atoms with van der Waals surface area (Å²) in [6.45, 7) is 1.21. The molecular formula is C19H21F3N4O3S. The summed E-state index contributed by atoms with van der Waals surface area (Å²) in [5.41, 5.74) is 0.377.